The van der Waals surface area contributed by atoms with Crippen LogP contribution >= 0.6 is 0 Å². The van der Waals surface area contributed by atoms with Crippen LogP contribution in [0.3, 0.4) is 0 Å². The molecular formula is C16H22F2N2O2. The second-order valence-electron chi connectivity index (χ2n) is 6.17. The minimum absolute atomic E-state index is 0.00169. The summed E-state index contributed by atoms with van der Waals surface area (Å²) in [5, 5.41) is 12.0. The van der Waals surface area contributed by atoms with Gasteiger partial charge in [0.1, 0.15) is 5.60 Å². The number of halogens is 2. The minimum Gasteiger partial charge on any atom is -0.383 e. The number of hydrogen-bond donors (Lipinski definition) is 2. The van der Waals surface area contributed by atoms with Crippen molar-refractivity contribution in [3.63, 3.8) is 0 Å². The zero-order chi connectivity index (χ0) is 16.5. The van der Waals surface area contributed by atoms with E-state index in [9.17, 15) is 18.7 Å². The third kappa shape index (κ3) is 2.92. The first kappa shape index (κ1) is 16.7. The molecule has 1 aromatic rings. The molecule has 1 aliphatic rings. The molecule has 0 heterocycles. The Kier molecular flexibility index (Phi) is 4.42. The number of carbonyl (C=O) groups is 1. The first-order valence-electron chi connectivity index (χ1n) is 7.33. The lowest BCUT2D eigenvalue weighted by atomic mass is 9.75. The fraction of sp³-hybridized carbons (Fsp3) is 0.562. The van der Waals surface area contributed by atoms with Gasteiger partial charge in [0, 0.05) is 26.3 Å². The zero-order valence-corrected chi connectivity index (χ0v) is 13.1. The molecule has 1 amide bonds. The van der Waals surface area contributed by atoms with Crippen molar-refractivity contribution >= 4 is 11.6 Å². The number of hydrogen-bond acceptors (Lipinski definition) is 3. The first-order valence-corrected chi connectivity index (χ1v) is 7.33. The summed E-state index contributed by atoms with van der Waals surface area (Å²) in [5.41, 5.74) is 0.480. The molecule has 1 aromatic carbocycles. The Hall–Kier alpha value is -1.69. The summed E-state index contributed by atoms with van der Waals surface area (Å²) in [4.78, 5) is 13.7. The van der Waals surface area contributed by atoms with Crippen LogP contribution in [-0.4, -0.2) is 36.6 Å². The van der Waals surface area contributed by atoms with E-state index in [0.29, 0.717) is 6.42 Å². The van der Waals surface area contributed by atoms with Crippen LogP contribution in [-0.2, 0) is 11.3 Å². The van der Waals surface area contributed by atoms with Crippen LogP contribution in [0.15, 0.2) is 18.2 Å². The lowest BCUT2D eigenvalue weighted by molar-refractivity contribution is -0.216. The molecule has 0 aliphatic heterocycles. The van der Waals surface area contributed by atoms with Crippen molar-refractivity contribution in [3.8, 4) is 0 Å². The Labute approximate surface area is 129 Å². The summed E-state index contributed by atoms with van der Waals surface area (Å²) in [7, 11) is 3.71. The molecule has 122 valence electrons. The molecule has 22 heavy (non-hydrogen) atoms. The van der Waals surface area contributed by atoms with Gasteiger partial charge in [0.2, 0.25) is 0 Å². The van der Waals surface area contributed by atoms with E-state index in [-0.39, 0.29) is 19.4 Å². The van der Waals surface area contributed by atoms with Gasteiger partial charge in [-0.2, -0.15) is 8.78 Å². The van der Waals surface area contributed by atoms with Gasteiger partial charge in [0.05, 0.1) is 0 Å². The number of amides is 1. The van der Waals surface area contributed by atoms with Gasteiger partial charge in [-0.3, -0.25) is 4.79 Å². The van der Waals surface area contributed by atoms with E-state index in [0.717, 1.165) is 16.8 Å². The summed E-state index contributed by atoms with van der Waals surface area (Å²) in [6.07, 6.45) is 0.434. The normalized spacial score (nSPS) is 16.8. The van der Waals surface area contributed by atoms with Crippen LogP contribution < -0.4 is 10.2 Å². The molecule has 1 aliphatic carbocycles. The molecule has 6 heteroatoms. The highest BCUT2D eigenvalue weighted by atomic mass is 19.3. The summed E-state index contributed by atoms with van der Waals surface area (Å²) < 4.78 is 28.0. The molecule has 0 atom stereocenters. The van der Waals surface area contributed by atoms with E-state index in [1.165, 1.54) is 0 Å². The number of benzene rings is 1. The Balaban J connectivity index is 2.08. The predicted octanol–water partition coefficient (Wildman–Crippen LogP) is 2.23. The first-order chi connectivity index (χ1) is 10.2. The Bertz CT molecular complexity index is 569. The molecule has 2 N–H and O–H groups in total. The van der Waals surface area contributed by atoms with Crippen molar-refractivity contribution in [2.24, 2.45) is 0 Å². The highest BCUT2D eigenvalue weighted by molar-refractivity contribution is 5.85. The van der Waals surface area contributed by atoms with E-state index in [4.69, 9.17) is 0 Å². The highest BCUT2D eigenvalue weighted by Crippen LogP contribution is 2.44. The van der Waals surface area contributed by atoms with Gasteiger partial charge in [0.25, 0.3) is 5.91 Å². The van der Waals surface area contributed by atoms with Gasteiger partial charge in [0.15, 0.2) is 0 Å². The molecule has 0 saturated heterocycles. The SMILES string of the molecule is Cc1ccc(CNC(=O)C(F)(F)C2(O)CCC2)c(N(C)C)c1. The summed E-state index contributed by atoms with van der Waals surface area (Å²) in [5.74, 6) is -5.17. The van der Waals surface area contributed by atoms with Gasteiger partial charge < -0.3 is 15.3 Å². The Morgan fingerprint density at radius 3 is 2.55 bits per heavy atom. The van der Waals surface area contributed by atoms with Crippen LogP contribution in [0.2, 0.25) is 0 Å². The van der Waals surface area contributed by atoms with Crippen molar-refractivity contribution in [3.05, 3.63) is 29.3 Å². The van der Waals surface area contributed by atoms with Gasteiger partial charge in [-0.05, 0) is 43.4 Å². The molecule has 0 aromatic heterocycles. The van der Waals surface area contributed by atoms with Gasteiger partial charge in [-0.25, -0.2) is 0 Å². The van der Waals surface area contributed by atoms with E-state index >= 15 is 0 Å². The minimum atomic E-state index is -3.76. The average Bonchev–Trinajstić information content (AvgIpc) is 2.42. The Morgan fingerprint density at radius 2 is 2.05 bits per heavy atom. The Morgan fingerprint density at radius 1 is 1.41 bits per heavy atom. The van der Waals surface area contributed by atoms with Crippen LogP contribution in [0, 0.1) is 6.92 Å². The number of anilines is 1. The molecule has 0 unspecified atom stereocenters. The number of aliphatic hydroxyl groups is 1. The third-order valence-corrected chi connectivity index (χ3v) is 4.21. The second-order valence-corrected chi connectivity index (χ2v) is 6.17. The topological polar surface area (TPSA) is 52.6 Å². The maximum absolute atomic E-state index is 14.0. The summed E-state index contributed by atoms with van der Waals surface area (Å²) >= 11 is 0. The lowest BCUT2D eigenvalue weighted by Gasteiger charge is -2.41. The number of aryl methyl sites for hydroxylation is 1. The van der Waals surface area contributed by atoms with Crippen molar-refractivity contribution in [2.45, 2.75) is 44.3 Å². The second kappa shape index (κ2) is 5.83. The quantitative estimate of drug-likeness (QED) is 0.876. The molecular weight excluding hydrogens is 290 g/mol. The lowest BCUT2D eigenvalue weighted by Crippen LogP contribution is -2.60. The van der Waals surface area contributed by atoms with E-state index in [1.807, 2.05) is 38.1 Å². The molecule has 0 radical (unpaired) electrons. The summed E-state index contributed by atoms with van der Waals surface area (Å²) in [6, 6.07) is 5.60. The average molecular weight is 312 g/mol. The van der Waals surface area contributed by atoms with Gasteiger partial charge >= 0.3 is 5.92 Å². The summed E-state index contributed by atoms with van der Waals surface area (Å²) in [6.45, 7) is 1.94. The fourth-order valence-corrected chi connectivity index (χ4v) is 2.56. The largest absolute Gasteiger partial charge is 0.383 e. The van der Waals surface area contributed by atoms with E-state index in [2.05, 4.69) is 5.32 Å². The van der Waals surface area contributed by atoms with E-state index in [1.54, 1.807) is 6.07 Å². The van der Waals surface area contributed by atoms with Crippen LogP contribution in [0.5, 0.6) is 0 Å². The molecule has 1 saturated carbocycles. The van der Waals surface area contributed by atoms with Crippen LogP contribution in [0.1, 0.15) is 30.4 Å². The van der Waals surface area contributed by atoms with Crippen molar-refractivity contribution in [1.29, 1.82) is 0 Å². The van der Waals surface area contributed by atoms with Crippen molar-refractivity contribution < 1.29 is 18.7 Å². The standard InChI is InChI=1S/C16H22F2N2O2/c1-11-5-6-12(13(9-11)20(2)3)10-19-14(21)16(17,18)15(22)7-4-8-15/h5-6,9,22H,4,7-8,10H2,1-3H3,(H,19,21). The molecule has 1 fully saturated rings. The molecule has 4 nitrogen and oxygen atoms in total. The smallest absolute Gasteiger partial charge is 0.352 e. The maximum atomic E-state index is 14.0. The number of nitrogens with one attached hydrogen (secondary N) is 1. The number of alkyl halides is 2. The van der Waals surface area contributed by atoms with Crippen molar-refractivity contribution in [1.82, 2.24) is 5.32 Å². The molecule has 0 spiro atoms. The molecule has 0 bridgehead atoms. The molecule has 2 rings (SSSR count). The van der Waals surface area contributed by atoms with Crippen molar-refractivity contribution in [2.75, 3.05) is 19.0 Å². The van der Waals surface area contributed by atoms with Gasteiger partial charge in [-0.15, -0.1) is 0 Å². The predicted molar refractivity (Wildman–Crippen MR) is 81.1 cm³/mol. The fourth-order valence-electron chi connectivity index (χ4n) is 2.56. The van der Waals surface area contributed by atoms with Crippen LogP contribution in [0.25, 0.3) is 0 Å². The zero-order valence-electron chi connectivity index (χ0n) is 13.1. The highest BCUT2D eigenvalue weighted by Gasteiger charge is 2.61. The maximum Gasteiger partial charge on any atom is 0.352 e. The van der Waals surface area contributed by atoms with Gasteiger partial charge in [-0.1, -0.05) is 12.1 Å². The number of nitrogens with zero attached hydrogens (tertiary/aromatic N) is 1. The van der Waals surface area contributed by atoms with E-state index < -0.39 is 17.4 Å². The number of carbonyl (C=O) groups excluding carboxylic acids is 1. The van der Waals surface area contributed by atoms with Crippen LogP contribution in [0.4, 0.5) is 14.5 Å². The number of rotatable bonds is 5. The monoisotopic (exact) mass is 312 g/mol. The third-order valence-electron chi connectivity index (χ3n) is 4.21.